The van der Waals surface area contributed by atoms with Crippen LogP contribution in [0.5, 0.6) is 0 Å². The van der Waals surface area contributed by atoms with Crippen molar-refractivity contribution in [2.24, 2.45) is 5.92 Å². The SMILES string of the molecule is CNc1cc(N(C)CCS(C)(=O)=O)c(C(=O)N[C@H]2CC[C@H](C)CC2)cc1N. The number of rotatable bonds is 7. The summed E-state index contributed by atoms with van der Waals surface area (Å²) < 4.78 is 23.0. The predicted octanol–water partition coefficient (Wildman–Crippen LogP) is 2.10. The maximum absolute atomic E-state index is 12.9. The molecule has 0 radical (unpaired) electrons. The van der Waals surface area contributed by atoms with Crippen LogP contribution in [0.1, 0.15) is 43.0 Å². The Balaban J connectivity index is 2.24. The van der Waals surface area contributed by atoms with Crippen molar-refractivity contribution in [1.82, 2.24) is 5.32 Å². The van der Waals surface area contributed by atoms with E-state index in [1.165, 1.54) is 6.26 Å². The minimum Gasteiger partial charge on any atom is -0.397 e. The molecule has 0 spiro atoms. The third-order valence-electron chi connectivity index (χ3n) is 5.24. The predicted molar refractivity (Wildman–Crippen MR) is 112 cm³/mol. The summed E-state index contributed by atoms with van der Waals surface area (Å²) in [4.78, 5) is 14.7. The van der Waals surface area contributed by atoms with Crippen molar-refractivity contribution in [2.75, 3.05) is 48.6 Å². The number of nitrogens with one attached hydrogen (secondary N) is 2. The van der Waals surface area contributed by atoms with Crippen molar-refractivity contribution >= 4 is 32.8 Å². The summed E-state index contributed by atoms with van der Waals surface area (Å²) in [5, 5.41) is 6.14. The molecule has 1 aliphatic rings. The minimum atomic E-state index is -3.09. The first-order valence-electron chi connectivity index (χ1n) is 9.41. The molecule has 2 rings (SSSR count). The van der Waals surface area contributed by atoms with Crippen LogP contribution >= 0.6 is 0 Å². The highest BCUT2D eigenvalue weighted by atomic mass is 32.2. The molecule has 0 aromatic heterocycles. The van der Waals surface area contributed by atoms with Gasteiger partial charge in [-0.3, -0.25) is 4.79 Å². The van der Waals surface area contributed by atoms with Crippen molar-refractivity contribution < 1.29 is 13.2 Å². The van der Waals surface area contributed by atoms with Crippen LogP contribution in [-0.4, -0.2) is 53.0 Å². The Hall–Kier alpha value is -1.96. The molecule has 1 aromatic carbocycles. The molecule has 0 bridgehead atoms. The third kappa shape index (κ3) is 6.02. The summed E-state index contributed by atoms with van der Waals surface area (Å²) in [7, 11) is 0.451. The van der Waals surface area contributed by atoms with Crippen molar-refractivity contribution in [3.63, 3.8) is 0 Å². The van der Waals surface area contributed by atoms with Crippen LogP contribution in [0.2, 0.25) is 0 Å². The maximum atomic E-state index is 12.9. The molecule has 27 heavy (non-hydrogen) atoms. The summed E-state index contributed by atoms with van der Waals surface area (Å²) in [6.07, 6.45) is 5.41. The fraction of sp³-hybridized carbons (Fsp3) is 0.632. The van der Waals surface area contributed by atoms with Crippen LogP contribution in [0, 0.1) is 5.92 Å². The van der Waals surface area contributed by atoms with Gasteiger partial charge in [0.2, 0.25) is 0 Å². The van der Waals surface area contributed by atoms with E-state index in [0.717, 1.165) is 25.7 Å². The molecule has 0 saturated heterocycles. The minimum absolute atomic E-state index is 0.0182. The number of anilines is 3. The zero-order valence-electron chi connectivity index (χ0n) is 16.7. The van der Waals surface area contributed by atoms with Crippen LogP contribution in [-0.2, 0) is 9.84 Å². The van der Waals surface area contributed by atoms with E-state index in [4.69, 9.17) is 5.73 Å². The van der Waals surface area contributed by atoms with Crippen molar-refractivity contribution in [1.29, 1.82) is 0 Å². The second-order valence-corrected chi connectivity index (χ2v) is 9.95. The fourth-order valence-electron chi connectivity index (χ4n) is 3.41. The van der Waals surface area contributed by atoms with Gasteiger partial charge in [-0.25, -0.2) is 8.42 Å². The van der Waals surface area contributed by atoms with Gasteiger partial charge in [-0.2, -0.15) is 0 Å². The number of hydrogen-bond donors (Lipinski definition) is 3. The molecule has 1 amide bonds. The summed E-state index contributed by atoms with van der Waals surface area (Å²) in [6.45, 7) is 2.54. The number of sulfone groups is 1. The number of carbonyl (C=O) groups is 1. The van der Waals surface area contributed by atoms with E-state index in [-0.39, 0.29) is 17.7 Å². The molecular weight excluding hydrogens is 364 g/mol. The van der Waals surface area contributed by atoms with E-state index in [0.29, 0.717) is 35.1 Å². The van der Waals surface area contributed by atoms with Crippen LogP contribution in [0.25, 0.3) is 0 Å². The third-order valence-corrected chi connectivity index (χ3v) is 6.17. The Morgan fingerprint density at radius 3 is 2.44 bits per heavy atom. The topological polar surface area (TPSA) is 105 Å². The zero-order valence-corrected chi connectivity index (χ0v) is 17.5. The van der Waals surface area contributed by atoms with E-state index in [9.17, 15) is 13.2 Å². The van der Waals surface area contributed by atoms with Gasteiger partial charge in [0, 0.05) is 32.9 Å². The van der Waals surface area contributed by atoms with Gasteiger partial charge in [-0.1, -0.05) is 6.92 Å². The van der Waals surface area contributed by atoms with Gasteiger partial charge in [0.15, 0.2) is 0 Å². The van der Waals surface area contributed by atoms with Gasteiger partial charge in [0.25, 0.3) is 5.91 Å². The number of nitrogens with zero attached hydrogens (tertiary/aromatic N) is 1. The molecule has 1 aliphatic carbocycles. The highest BCUT2D eigenvalue weighted by molar-refractivity contribution is 7.90. The van der Waals surface area contributed by atoms with E-state index in [1.807, 2.05) is 0 Å². The Kier molecular flexibility index (Phi) is 6.97. The van der Waals surface area contributed by atoms with Crippen LogP contribution in [0.4, 0.5) is 17.1 Å². The fourth-order valence-corrected chi connectivity index (χ4v) is 4.02. The quantitative estimate of drug-likeness (QED) is 0.610. The molecule has 4 N–H and O–H groups in total. The van der Waals surface area contributed by atoms with Crippen molar-refractivity contribution in [3.05, 3.63) is 17.7 Å². The first kappa shape index (κ1) is 21.3. The summed E-state index contributed by atoms with van der Waals surface area (Å²) in [6, 6.07) is 3.64. The number of benzene rings is 1. The highest BCUT2D eigenvalue weighted by Gasteiger charge is 2.23. The average Bonchev–Trinajstić information content (AvgIpc) is 2.60. The lowest BCUT2D eigenvalue weighted by Gasteiger charge is -2.28. The Bertz CT molecular complexity index is 771. The molecule has 0 aliphatic heterocycles. The number of carbonyl (C=O) groups excluding carboxylic acids is 1. The molecule has 0 heterocycles. The lowest BCUT2D eigenvalue weighted by molar-refractivity contribution is 0.0923. The van der Waals surface area contributed by atoms with Gasteiger partial charge in [0.1, 0.15) is 9.84 Å². The highest BCUT2D eigenvalue weighted by Crippen LogP contribution is 2.30. The van der Waals surface area contributed by atoms with Crippen molar-refractivity contribution in [3.8, 4) is 0 Å². The molecule has 1 aromatic rings. The molecular formula is C19H32N4O3S. The van der Waals surface area contributed by atoms with Crippen LogP contribution in [0.15, 0.2) is 12.1 Å². The summed E-state index contributed by atoms with van der Waals surface area (Å²) in [5.74, 6) is 0.566. The smallest absolute Gasteiger partial charge is 0.253 e. The maximum Gasteiger partial charge on any atom is 0.253 e. The molecule has 0 unspecified atom stereocenters. The Morgan fingerprint density at radius 1 is 1.26 bits per heavy atom. The van der Waals surface area contributed by atoms with Gasteiger partial charge in [-0.05, 0) is 43.7 Å². The second-order valence-electron chi connectivity index (χ2n) is 7.69. The number of hydrogen-bond acceptors (Lipinski definition) is 6. The molecule has 1 fully saturated rings. The number of nitrogen functional groups attached to an aromatic ring is 1. The van der Waals surface area contributed by atoms with Gasteiger partial charge < -0.3 is 21.3 Å². The average molecular weight is 397 g/mol. The van der Waals surface area contributed by atoms with E-state index in [2.05, 4.69) is 17.6 Å². The van der Waals surface area contributed by atoms with E-state index in [1.54, 1.807) is 31.1 Å². The largest absolute Gasteiger partial charge is 0.397 e. The first-order chi connectivity index (χ1) is 12.6. The van der Waals surface area contributed by atoms with Crippen LogP contribution < -0.4 is 21.3 Å². The molecule has 8 heteroatoms. The first-order valence-corrected chi connectivity index (χ1v) is 11.5. The van der Waals surface area contributed by atoms with E-state index < -0.39 is 9.84 Å². The Morgan fingerprint density at radius 2 is 1.89 bits per heavy atom. The molecule has 1 saturated carbocycles. The van der Waals surface area contributed by atoms with Gasteiger partial charge >= 0.3 is 0 Å². The Labute approximate surface area is 162 Å². The second kappa shape index (κ2) is 8.82. The van der Waals surface area contributed by atoms with Crippen LogP contribution in [0.3, 0.4) is 0 Å². The number of amides is 1. The molecule has 0 atom stereocenters. The summed E-state index contributed by atoms with van der Waals surface area (Å²) >= 11 is 0. The lowest BCUT2D eigenvalue weighted by atomic mass is 9.87. The summed E-state index contributed by atoms with van der Waals surface area (Å²) in [5.41, 5.74) is 8.41. The van der Waals surface area contributed by atoms with Crippen molar-refractivity contribution in [2.45, 2.75) is 38.6 Å². The molecule has 7 nitrogen and oxygen atoms in total. The number of nitrogens with two attached hydrogens (primary N) is 1. The lowest BCUT2D eigenvalue weighted by Crippen LogP contribution is -2.38. The normalized spacial score (nSPS) is 20.1. The van der Waals surface area contributed by atoms with Gasteiger partial charge in [0.05, 0.1) is 28.4 Å². The van der Waals surface area contributed by atoms with E-state index >= 15 is 0 Å². The zero-order chi connectivity index (χ0) is 20.2. The van der Waals surface area contributed by atoms with Gasteiger partial charge in [-0.15, -0.1) is 0 Å². The monoisotopic (exact) mass is 396 g/mol. The standard InChI is InChI=1S/C19H32N4O3S/c1-13-5-7-14(8-6-13)22-19(24)15-11-16(20)17(21-2)12-18(15)23(3)9-10-27(4,25)26/h11-14,21H,5-10,20H2,1-4H3,(H,22,24)/t13-,14-. The molecule has 152 valence electrons.